The van der Waals surface area contributed by atoms with E-state index in [4.69, 9.17) is 4.74 Å². The van der Waals surface area contributed by atoms with E-state index in [-0.39, 0.29) is 12.1 Å². The summed E-state index contributed by atoms with van der Waals surface area (Å²) in [5.74, 6) is 1.32. The van der Waals surface area contributed by atoms with Gasteiger partial charge in [0.05, 0.1) is 6.54 Å². The highest BCUT2D eigenvalue weighted by atomic mass is 16.5. The zero-order chi connectivity index (χ0) is 14.3. The smallest absolute Gasteiger partial charge is 0.315 e. The zero-order valence-corrected chi connectivity index (χ0v) is 12.2. The number of ether oxygens (including phenoxy) is 1. The van der Waals surface area contributed by atoms with Crippen LogP contribution in [-0.2, 0) is 0 Å². The van der Waals surface area contributed by atoms with E-state index in [9.17, 15) is 4.79 Å². The van der Waals surface area contributed by atoms with Crippen molar-refractivity contribution < 1.29 is 9.53 Å². The molecule has 4 nitrogen and oxygen atoms in total. The Bertz CT molecular complexity index is 403. The third-order valence-electron chi connectivity index (χ3n) is 2.61. The average Bonchev–Trinajstić information content (AvgIpc) is 2.34. The first-order valence-corrected chi connectivity index (χ1v) is 6.76. The van der Waals surface area contributed by atoms with Crippen molar-refractivity contribution in [2.75, 3.05) is 13.2 Å². The van der Waals surface area contributed by atoms with Crippen LogP contribution in [0.1, 0.15) is 39.2 Å². The number of benzene rings is 1. The number of para-hydroxylation sites is 1. The van der Waals surface area contributed by atoms with Gasteiger partial charge in [-0.3, -0.25) is 0 Å². The van der Waals surface area contributed by atoms with Gasteiger partial charge in [0.15, 0.2) is 0 Å². The van der Waals surface area contributed by atoms with Crippen molar-refractivity contribution in [3.8, 4) is 5.75 Å². The second-order valence-electron chi connectivity index (χ2n) is 5.10. The summed E-state index contributed by atoms with van der Waals surface area (Å²) in [4.78, 5) is 11.4. The van der Waals surface area contributed by atoms with Crippen LogP contribution in [0.4, 0.5) is 4.79 Å². The van der Waals surface area contributed by atoms with Crippen LogP contribution in [0.2, 0.25) is 0 Å². The van der Waals surface area contributed by atoms with E-state index in [1.807, 2.05) is 32.0 Å². The van der Waals surface area contributed by atoms with Gasteiger partial charge in [0.25, 0.3) is 0 Å². The van der Waals surface area contributed by atoms with Crippen LogP contribution in [0.25, 0.3) is 0 Å². The molecule has 0 atom stereocenters. The number of carbonyl (C=O) groups excluding carboxylic acids is 1. The van der Waals surface area contributed by atoms with Gasteiger partial charge >= 0.3 is 6.03 Å². The van der Waals surface area contributed by atoms with Crippen LogP contribution in [0.15, 0.2) is 24.3 Å². The average molecular weight is 264 g/mol. The lowest BCUT2D eigenvalue weighted by Crippen LogP contribution is -2.41. The number of rotatable bonds is 6. The Hall–Kier alpha value is -1.71. The van der Waals surface area contributed by atoms with Crippen LogP contribution in [-0.4, -0.2) is 25.2 Å². The summed E-state index contributed by atoms with van der Waals surface area (Å²) in [5.41, 5.74) is 1.19. The molecule has 19 heavy (non-hydrogen) atoms. The molecule has 0 heterocycles. The zero-order valence-electron chi connectivity index (χ0n) is 12.2. The molecule has 0 unspecified atom stereocenters. The predicted octanol–water partition coefficient (Wildman–Crippen LogP) is 2.90. The van der Waals surface area contributed by atoms with Crippen molar-refractivity contribution in [2.45, 2.75) is 39.7 Å². The third-order valence-corrected chi connectivity index (χ3v) is 2.61. The number of urea groups is 1. The molecule has 0 aliphatic heterocycles. The van der Waals surface area contributed by atoms with Gasteiger partial charge in [0.1, 0.15) is 12.4 Å². The molecule has 0 saturated heterocycles. The Morgan fingerprint density at radius 1 is 1.21 bits per heavy atom. The number of amides is 2. The number of carbonyl (C=O) groups is 1. The lowest BCUT2D eigenvalue weighted by atomic mass is 10.0. The summed E-state index contributed by atoms with van der Waals surface area (Å²) >= 11 is 0. The van der Waals surface area contributed by atoms with Crippen LogP contribution in [0, 0.1) is 0 Å². The Balaban J connectivity index is 2.36. The van der Waals surface area contributed by atoms with Gasteiger partial charge in [-0.15, -0.1) is 0 Å². The SMILES string of the molecule is CC(C)NC(=O)NCCOc1ccccc1C(C)C. The lowest BCUT2D eigenvalue weighted by Gasteiger charge is -2.14. The van der Waals surface area contributed by atoms with Crippen LogP contribution in [0.3, 0.4) is 0 Å². The largest absolute Gasteiger partial charge is 0.491 e. The van der Waals surface area contributed by atoms with Gasteiger partial charge in [-0.05, 0) is 31.4 Å². The molecule has 0 aromatic heterocycles. The number of nitrogens with one attached hydrogen (secondary N) is 2. The van der Waals surface area contributed by atoms with Crippen LogP contribution >= 0.6 is 0 Å². The summed E-state index contributed by atoms with van der Waals surface area (Å²) in [6.45, 7) is 9.08. The van der Waals surface area contributed by atoms with Gasteiger partial charge in [-0.25, -0.2) is 4.79 Å². The third kappa shape index (κ3) is 5.64. The molecule has 1 rings (SSSR count). The molecule has 4 heteroatoms. The van der Waals surface area contributed by atoms with Crippen LogP contribution < -0.4 is 15.4 Å². The molecule has 2 N–H and O–H groups in total. The van der Waals surface area contributed by atoms with E-state index in [1.54, 1.807) is 0 Å². The fourth-order valence-corrected chi connectivity index (χ4v) is 1.73. The maximum absolute atomic E-state index is 11.4. The van der Waals surface area contributed by atoms with E-state index in [2.05, 4.69) is 30.5 Å². The first kappa shape index (κ1) is 15.3. The molecule has 1 aromatic rings. The summed E-state index contributed by atoms with van der Waals surface area (Å²) in [6, 6.07) is 7.98. The van der Waals surface area contributed by atoms with E-state index in [1.165, 1.54) is 5.56 Å². The highest BCUT2D eigenvalue weighted by Gasteiger charge is 2.07. The molecule has 0 radical (unpaired) electrons. The number of hydrogen-bond acceptors (Lipinski definition) is 2. The van der Waals surface area contributed by atoms with Crippen molar-refractivity contribution in [2.24, 2.45) is 0 Å². The van der Waals surface area contributed by atoms with Crippen molar-refractivity contribution in [1.29, 1.82) is 0 Å². The topological polar surface area (TPSA) is 50.4 Å². The van der Waals surface area contributed by atoms with Gasteiger partial charge in [0.2, 0.25) is 0 Å². The first-order chi connectivity index (χ1) is 9.00. The molecular formula is C15H24N2O2. The molecule has 0 bridgehead atoms. The molecule has 2 amide bonds. The van der Waals surface area contributed by atoms with Gasteiger partial charge < -0.3 is 15.4 Å². The summed E-state index contributed by atoms with van der Waals surface area (Å²) in [6.07, 6.45) is 0. The van der Waals surface area contributed by atoms with Gasteiger partial charge in [-0.2, -0.15) is 0 Å². The Morgan fingerprint density at radius 3 is 2.53 bits per heavy atom. The van der Waals surface area contributed by atoms with E-state index >= 15 is 0 Å². The van der Waals surface area contributed by atoms with Crippen molar-refractivity contribution in [3.63, 3.8) is 0 Å². The van der Waals surface area contributed by atoms with E-state index in [0.29, 0.717) is 19.1 Å². The minimum absolute atomic E-state index is 0.141. The van der Waals surface area contributed by atoms with Crippen LogP contribution in [0.5, 0.6) is 5.75 Å². The molecule has 106 valence electrons. The Kier molecular flexibility index (Phi) is 6.19. The maximum Gasteiger partial charge on any atom is 0.315 e. The molecule has 1 aromatic carbocycles. The Morgan fingerprint density at radius 2 is 1.89 bits per heavy atom. The minimum Gasteiger partial charge on any atom is -0.491 e. The summed E-state index contributed by atoms with van der Waals surface area (Å²) in [7, 11) is 0. The molecule has 0 aliphatic rings. The van der Waals surface area contributed by atoms with Gasteiger partial charge in [-0.1, -0.05) is 32.0 Å². The quantitative estimate of drug-likeness (QED) is 0.776. The lowest BCUT2D eigenvalue weighted by molar-refractivity contribution is 0.234. The molecule has 0 fully saturated rings. The monoisotopic (exact) mass is 264 g/mol. The van der Waals surface area contributed by atoms with Crippen molar-refractivity contribution in [1.82, 2.24) is 10.6 Å². The minimum atomic E-state index is -0.157. The van der Waals surface area contributed by atoms with Gasteiger partial charge in [0, 0.05) is 6.04 Å². The normalized spacial score (nSPS) is 10.6. The summed E-state index contributed by atoms with van der Waals surface area (Å²) in [5, 5.41) is 5.52. The Labute approximate surface area is 115 Å². The first-order valence-electron chi connectivity index (χ1n) is 6.76. The van der Waals surface area contributed by atoms with Crippen molar-refractivity contribution in [3.05, 3.63) is 29.8 Å². The predicted molar refractivity (Wildman–Crippen MR) is 77.7 cm³/mol. The fraction of sp³-hybridized carbons (Fsp3) is 0.533. The highest BCUT2D eigenvalue weighted by molar-refractivity contribution is 5.74. The molecule has 0 saturated carbocycles. The van der Waals surface area contributed by atoms with Crippen molar-refractivity contribution >= 4 is 6.03 Å². The van der Waals surface area contributed by atoms with E-state index < -0.39 is 0 Å². The second kappa shape index (κ2) is 7.67. The molecule has 0 spiro atoms. The molecule has 0 aliphatic carbocycles. The standard InChI is InChI=1S/C15H24N2O2/c1-11(2)13-7-5-6-8-14(13)19-10-9-16-15(18)17-12(3)4/h5-8,11-12H,9-10H2,1-4H3,(H2,16,17,18). The number of hydrogen-bond donors (Lipinski definition) is 2. The van der Waals surface area contributed by atoms with E-state index in [0.717, 1.165) is 5.75 Å². The maximum atomic E-state index is 11.4. The fourth-order valence-electron chi connectivity index (χ4n) is 1.73. The highest BCUT2D eigenvalue weighted by Crippen LogP contribution is 2.25. The summed E-state index contributed by atoms with van der Waals surface area (Å²) < 4.78 is 5.71. The second-order valence-corrected chi connectivity index (χ2v) is 5.10. The molecular weight excluding hydrogens is 240 g/mol.